The van der Waals surface area contributed by atoms with E-state index < -0.39 is 10.0 Å². The molecule has 0 spiro atoms. The van der Waals surface area contributed by atoms with Gasteiger partial charge >= 0.3 is 0 Å². The number of nitrogens with one attached hydrogen (secondary N) is 1. The Labute approximate surface area is 126 Å². The number of hydrogen-bond acceptors (Lipinski definition) is 5. The van der Waals surface area contributed by atoms with Gasteiger partial charge in [0.25, 0.3) is 10.0 Å². The van der Waals surface area contributed by atoms with Crippen molar-refractivity contribution < 1.29 is 13.2 Å². The van der Waals surface area contributed by atoms with Crippen LogP contribution in [0.3, 0.4) is 0 Å². The van der Waals surface area contributed by atoms with Crippen molar-refractivity contribution in [2.24, 2.45) is 0 Å². The van der Waals surface area contributed by atoms with Crippen molar-refractivity contribution in [3.05, 3.63) is 35.3 Å². The largest absolute Gasteiger partial charge is 0.315 e. The summed E-state index contributed by atoms with van der Waals surface area (Å²) in [6, 6.07) is 4.82. The van der Waals surface area contributed by atoms with E-state index in [0.29, 0.717) is 11.7 Å². The number of aryl methyl sites for hydroxylation is 1. The van der Waals surface area contributed by atoms with Gasteiger partial charge in [-0.1, -0.05) is 0 Å². The Hall–Kier alpha value is -1.93. The number of carbonyl (C=O) groups excluding carboxylic acids is 1. The first-order chi connectivity index (χ1) is 10.1. The molecule has 0 bridgehead atoms. The highest BCUT2D eigenvalue weighted by molar-refractivity contribution is 7.93. The number of benzene rings is 1. The number of aromatic nitrogens is 1. The summed E-state index contributed by atoms with van der Waals surface area (Å²) in [7, 11) is -3.65. The SMILES string of the molecule is O=CN1CCCc2cc(S(=O)(=O)Nc3nccs3)ccc21. The number of nitrogens with zero attached hydrogens (tertiary/aromatic N) is 2. The van der Waals surface area contributed by atoms with Gasteiger partial charge in [0.05, 0.1) is 4.90 Å². The van der Waals surface area contributed by atoms with Crippen LogP contribution in [0.1, 0.15) is 12.0 Å². The van der Waals surface area contributed by atoms with Crippen molar-refractivity contribution in [2.75, 3.05) is 16.2 Å². The number of thiazole rings is 1. The van der Waals surface area contributed by atoms with Gasteiger partial charge in [0.1, 0.15) is 0 Å². The fourth-order valence-electron chi connectivity index (χ4n) is 2.33. The van der Waals surface area contributed by atoms with Crippen molar-refractivity contribution >= 4 is 38.6 Å². The van der Waals surface area contributed by atoms with E-state index in [1.807, 2.05) is 0 Å². The van der Waals surface area contributed by atoms with Crippen molar-refractivity contribution in [3.8, 4) is 0 Å². The number of rotatable bonds is 4. The molecule has 1 aliphatic rings. The fourth-order valence-corrected chi connectivity index (χ4v) is 4.17. The molecule has 0 saturated carbocycles. The molecule has 0 saturated heterocycles. The topological polar surface area (TPSA) is 79.4 Å². The Bertz CT molecular complexity index is 757. The van der Waals surface area contributed by atoms with E-state index >= 15 is 0 Å². The van der Waals surface area contributed by atoms with Crippen molar-refractivity contribution in [3.63, 3.8) is 0 Å². The quantitative estimate of drug-likeness (QED) is 0.871. The molecule has 2 heterocycles. The first kappa shape index (κ1) is 14.0. The lowest BCUT2D eigenvalue weighted by Gasteiger charge is -2.26. The van der Waals surface area contributed by atoms with E-state index in [1.54, 1.807) is 22.4 Å². The third-order valence-electron chi connectivity index (χ3n) is 3.30. The maximum absolute atomic E-state index is 12.3. The summed E-state index contributed by atoms with van der Waals surface area (Å²) < 4.78 is 27.1. The number of carbonyl (C=O) groups is 1. The van der Waals surface area contributed by atoms with Crippen LogP contribution in [0.4, 0.5) is 10.8 Å². The fraction of sp³-hybridized carbons (Fsp3) is 0.231. The van der Waals surface area contributed by atoms with E-state index in [9.17, 15) is 13.2 Å². The predicted octanol–water partition coefficient (Wildman–Crippen LogP) is 1.85. The Balaban J connectivity index is 1.94. The number of anilines is 2. The monoisotopic (exact) mass is 323 g/mol. The molecule has 0 unspecified atom stereocenters. The molecule has 6 nitrogen and oxygen atoms in total. The van der Waals surface area contributed by atoms with Gasteiger partial charge in [-0.25, -0.2) is 13.4 Å². The second-order valence-corrected chi connectivity index (χ2v) is 7.21. The third kappa shape index (κ3) is 2.77. The van der Waals surface area contributed by atoms with Crippen LogP contribution in [0.5, 0.6) is 0 Å². The van der Waals surface area contributed by atoms with Crippen molar-refractivity contribution in [2.45, 2.75) is 17.7 Å². The standard InChI is InChI=1S/C13H13N3O3S2/c17-9-16-6-1-2-10-8-11(3-4-12(10)16)21(18,19)15-13-14-5-7-20-13/h3-5,7-9H,1-2,6H2,(H,14,15). The molecule has 1 aromatic heterocycles. The van der Waals surface area contributed by atoms with Crippen molar-refractivity contribution in [1.82, 2.24) is 4.98 Å². The van der Waals surface area contributed by atoms with Gasteiger partial charge in [-0.3, -0.25) is 9.52 Å². The normalized spacial score (nSPS) is 14.6. The summed E-state index contributed by atoms with van der Waals surface area (Å²) in [5.74, 6) is 0. The maximum atomic E-state index is 12.3. The van der Waals surface area contributed by atoms with Gasteiger partial charge in [-0.2, -0.15) is 0 Å². The van der Waals surface area contributed by atoms with E-state index in [4.69, 9.17) is 0 Å². The summed E-state index contributed by atoms with van der Waals surface area (Å²) in [5.41, 5.74) is 1.65. The lowest BCUT2D eigenvalue weighted by atomic mass is 10.0. The molecule has 8 heteroatoms. The van der Waals surface area contributed by atoms with Gasteiger partial charge in [0.2, 0.25) is 6.41 Å². The molecule has 110 valence electrons. The molecule has 2 aromatic rings. The minimum absolute atomic E-state index is 0.184. The highest BCUT2D eigenvalue weighted by atomic mass is 32.2. The Morgan fingerprint density at radius 1 is 1.38 bits per heavy atom. The highest BCUT2D eigenvalue weighted by Gasteiger charge is 2.21. The van der Waals surface area contributed by atoms with Crippen LogP contribution in [0, 0.1) is 0 Å². The number of sulfonamides is 1. The average Bonchev–Trinajstić information content (AvgIpc) is 2.98. The molecule has 21 heavy (non-hydrogen) atoms. The Kier molecular flexibility index (Phi) is 3.64. The molecule has 0 fully saturated rings. The summed E-state index contributed by atoms with van der Waals surface area (Å²) >= 11 is 1.22. The summed E-state index contributed by atoms with van der Waals surface area (Å²) in [6.07, 6.45) is 3.91. The lowest BCUT2D eigenvalue weighted by Crippen LogP contribution is -2.28. The zero-order chi connectivity index (χ0) is 14.9. The van der Waals surface area contributed by atoms with Crippen LogP contribution in [0.15, 0.2) is 34.7 Å². The Morgan fingerprint density at radius 2 is 2.24 bits per heavy atom. The van der Waals surface area contributed by atoms with Gasteiger partial charge in [-0.05, 0) is 36.6 Å². The molecule has 0 radical (unpaired) electrons. The van der Waals surface area contributed by atoms with Crippen LogP contribution >= 0.6 is 11.3 Å². The molecule has 0 atom stereocenters. The summed E-state index contributed by atoms with van der Waals surface area (Å²) in [4.78, 5) is 16.7. The van der Waals surface area contributed by atoms with Crippen LogP contribution in [0.25, 0.3) is 0 Å². The van der Waals surface area contributed by atoms with E-state index in [1.165, 1.54) is 23.6 Å². The molecule has 1 aliphatic heterocycles. The molecule has 1 aromatic carbocycles. The van der Waals surface area contributed by atoms with Gasteiger partial charge < -0.3 is 4.90 Å². The summed E-state index contributed by atoms with van der Waals surface area (Å²) in [5, 5.41) is 2.04. The molecule has 3 rings (SSSR count). The van der Waals surface area contributed by atoms with Crippen LogP contribution in [0.2, 0.25) is 0 Å². The zero-order valence-electron chi connectivity index (χ0n) is 11.0. The molecule has 1 amide bonds. The van der Waals surface area contributed by atoms with Crippen molar-refractivity contribution in [1.29, 1.82) is 0 Å². The summed E-state index contributed by atoms with van der Waals surface area (Å²) in [6.45, 7) is 0.667. The molecular formula is C13H13N3O3S2. The van der Waals surface area contributed by atoms with Crippen LogP contribution in [-0.2, 0) is 21.2 Å². The second kappa shape index (κ2) is 5.45. The zero-order valence-corrected chi connectivity index (χ0v) is 12.7. The van der Waals surface area contributed by atoms with Gasteiger partial charge in [-0.15, -0.1) is 11.3 Å². The number of hydrogen-bond donors (Lipinski definition) is 1. The molecule has 0 aliphatic carbocycles. The number of amides is 1. The van der Waals surface area contributed by atoms with E-state index in [-0.39, 0.29) is 4.90 Å². The minimum Gasteiger partial charge on any atom is -0.315 e. The molecule has 1 N–H and O–H groups in total. The maximum Gasteiger partial charge on any atom is 0.263 e. The highest BCUT2D eigenvalue weighted by Crippen LogP contribution is 2.29. The number of fused-ring (bicyclic) bond motifs is 1. The second-order valence-electron chi connectivity index (χ2n) is 4.64. The first-order valence-corrected chi connectivity index (χ1v) is 8.73. The smallest absolute Gasteiger partial charge is 0.263 e. The Morgan fingerprint density at radius 3 is 2.95 bits per heavy atom. The van der Waals surface area contributed by atoms with E-state index in [0.717, 1.165) is 30.5 Å². The average molecular weight is 323 g/mol. The van der Waals surface area contributed by atoms with Gasteiger partial charge in [0, 0.05) is 23.8 Å². The van der Waals surface area contributed by atoms with Gasteiger partial charge in [0.15, 0.2) is 5.13 Å². The lowest BCUT2D eigenvalue weighted by molar-refractivity contribution is -0.107. The van der Waals surface area contributed by atoms with Crippen LogP contribution < -0.4 is 9.62 Å². The predicted molar refractivity (Wildman–Crippen MR) is 81.1 cm³/mol. The van der Waals surface area contributed by atoms with E-state index in [2.05, 4.69) is 9.71 Å². The minimum atomic E-state index is -3.65. The molecular weight excluding hydrogens is 310 g/mol. The van der Waals surface area contributed by atoms with Crippen LogP contribution in [-0.4, -0.2) is 26.4 Å². The third-order valence-corrected chi connectivity index (χ3v) is 5.45. The first-order valence-electron chi connectivity index (χ1n) is 6.37.